The van der Waals surface area contributed by atoms with Crippen LogP contribution in [0, 0.1) is 5.92 Å². The van der Waals surface area contributed by atoms with Gasteiger partial charge in [0.15, 0.2) is 0 Å². The Labute approximate surface area is 105 Å². The molecule has 1 aliphatic carbocycles. The van der Waals surface area contributed by atoms with Crippen LogP contribution in [0.5, 0.6) is 0 Å². The summed E-state index contributed by atoms with van der Waals surface area (Å²) in [5, 5.41) is 0. The van der Waals surface area contributed by atoms with E-state index in [9.17, 15) is 0 Å². The highest BCUT2D eigenvalue weighted by atomic mass is 14.7. The third-order valence-corrected chi connectivity index (χ3v) is 3.98. The number of aromatic nitrogens is 1. The lowest BCUT2D eigenvalue weighted by Crippen LogP contribution is -2.32. The maximum Gasteiger partial charge on any atom is 0.0270 e. The molecule has 1 aromatic rings. The summed E-state index contributed by atoms with van der Waals surface area (Å²) in [4.78, 5) is 4.05. The van der Waals surface area contributed by atoms with E-state index in [4.69, 9.17) is 5.73 Å². The third kappa shape index (κ3) is 4.12. The molecular formula is C15H24N2. The molecule has 17 heavy (non-hydrogen) atoms. The van der Waals surface area contributed by atoms with Crippen LogP contribution >= 0.6 is 0 Å². The Morgan fingerprint density at radius 1 is 1.06 bits per heavy atom. The fraction of sp³-hybridized carbons (Fsp3) is 0.667. The van der Waals surface area contributed by atoms with Crippen LogP contribution in [-0.4, -0.2) is 11.0 Å². The number of nitrogens with zero attached hydrogens (tertiary/aromatic N) is 1. The van der Waals surface area contributed by atoms with E-state index < -0.39 is 0 Å². The van der Waals surface area contributed by atoms with Crippen molar-refractivity contribution in [3.63, 3.8) is 0 Å². The fourth-order valence-electron chi connectivity index (χ4n) is 2.87. The van der Waals surface area contributed by atoms with Gasteiger partial charge in [-0.1, -0.05) is 32.1 Å². The molecule has 0 spiro atoms. The second kappa shape index (κ2) is 6.75. The Bertz CT molecular complexity index is 302. The maximum atomic E-state index is 6.38. The summed E-state index contributed by atoms with van der Waals surface area (Å²) in [5.41, 5.74) is 7.71. The van der Waals surface area contributed by atoms with Crippen molar-refractivity contribution in [2.24, 2.45) is 11.7 Å². The Balaban J connectivity index is 1.87. The van der Waals surface area contributed by atoms with E-state index in [0.29, 0.717) is 6.04 Å². The molecule has 0 bridgehead atoms. The molecule has 2 heteroatoms. The van der Waals surface area contributed by atoms with Gasteiger partial charge in [-0.15, -0.1) is 0 Å². The molecule has 94 valence electrons. The zero-order chi connectivity index (χ0) is 11.9. The van der Waals surface area contributed by atoms with E-state index >= 15 is 0 Å². The fourth-order valence-corrected chi connectivity index (χ4v) is 2.87. The van der Waals surface area contributed by atoms with Gasteiger partial charge in [-0.2, -0.15) is 0 Å². The molecule has 0 aromatic carbocycles. The quantitative estimate of drug-likeness (QED) is 0.868. The van der Waals surface area contributed by atoms with Crippen molar-refractivity contribution >= 4 is 0 Å². The highest BCUT2D eigenvalue weighted by Crippen LogP contribution is 2.25. The van der Waals surface area contributed by atoms with Crippen LogP contribution in [0.25, 0.3) is 0 Å². The number of pyridine rings is 1. The van der Waals surface area contributed by atoms with Crippen LogP contribution in [0.1, 0.15) is 50.5 Å². The van der Waals surface area contributed by atoms with E-state index in [1.807, 2.05) is 12.4 Å². The molecule has 2 nitrogen and oxygen atoms in total. The standard InChI is InChI=1S/C15H24N2/c16-15(12-13-8-10-17-11-9-13)14-6-4-2-1-3-5-7-14/h8-11,14-15H,1-7,12,16H2. The Kier molecular flexibility index (Phi) is 4.99. The molecule has 1 saturated carbocycles. The largest absolute Gasteiger partial charge is 0.327 e. The predicted octanol–water partition coefficient (Wildman–Crippen LogP) is 3.31. The Hall–Kier alpha value is -0.890. The second-order valence-corrected chi connectivity index (χ2v) is 5.33. The molecule has 1 atom stereocenters. The average Bonchev–Trinajstić information content (AvgIpc) is 2.29. The van der Waals surface area contributed by atoms with Crippen LogP contribution in [-0.2, 0) is 6.42 Å². The van der Waals surface area contributed by atoms with Gasteiger partial charge in [0.1, 0.15) is 0 Å². The van der Waals surface area contributed by atoms with Gasteiger partial charge in [-0.25, -0.2) is 0 Å². The summed E-state index contributed by atoms with van der Waals surface area (Å²) in [6, 6.07) is 4.50. The SMILES string of the molecule is NC(Cc1ccncc1)C1CCCCCCC1. The summed E-state index contributed by atoms with van der Waals surface area (Å²) in [6.07, 6.45) is 14.3. The first-order valence-electron chi connectivity index (χ1n) is 7.01. The average molecular weight is 232 g/mol. The molecule has 2 rings (SSSR count). The maximum absolute atomic E-state index is 6.38. The van der Waals surface area contributed by atoms with Crippen molar-refractivity contribution in [2.75, 3.05) is 0 Å². The Morgan fingerprint density at radius 3 is 2.29 bits per heavy atom. The molecule has 1 aliphatic rings. The topological polar surface area (TPSA) is 38.9 Å². The number of hydrogen-bond donors (Lipinski definition) is 1. The summed E-state index contributed by atoms with van der Waals surface area (Å²) in [7, 11) is 0. The zero-order valence-electron chi connectivity index (χ0n) is 10.6. The van der Waals surface area contributed by atoms with Gasteiger partial charge in [0, 0.05) is 18.4 Å². The van der Waals surface area contributed by atoms with Crippen molar-refractivity contribution in [1.29, 1.82) is 0 Å². The molecule has 0 radical (unpaired) electrons. The van der Waals surface area contributed by atoms with Crippen LogP contribution in [0.4, 0.5) is 0 Å². The number of nitrogens with two attached hydrogens (primary N) is 1. The van der Waals surface area contributed by atoms with Gasteiger partial charge in [-0.05, 0) is 42.9 Å². The molecule has 0 saturated heterocycles. The van der Waals surface area contributed by atoms with Gasteiger partial charge in [0.05, 0.1) is 0 Å². The van der Waals surface area contributed by atoms with Crippen LogP contribution < -0.4 is 5.73 Å². The van der Waals surface area contributed by atoms with Crippen molar-refractivity contribution in [3.8, 4) is 0 Å². The highest BCUT2D eigenvalue weighted by Gasteiger charge is 2.18. The number of hydrogen-bond acceptors (Lipinski definition) is 2. The summed E-state index contributed by atoms with van der Waals surface area (Å²) < 4.78 is 0. The molecule has 1 heterocycles. The van der Waals surface area contributed by atoms with Crippen molar-refractivity contribution < 1.29 is 0 Å². The zero-order valence-corrected chi connectivity index (χ0v) is 10.6. The molecule has 2 N–H and O–H groups in total. The lowest BCUT2D eigenvalue weighted by molar-refractivity contribution is 0.322. The van der Waals surface area contributed by atoms with E-state index in [1.54, 1.807) is 0 Å². The highest BCUT2D eigenvalue weighted by molar-refractivity contribution is 5.11. The van der Waals surface area contributed by atoms with Crippen molar-refractivity contribution in [3.05, 3.63) is 30.1 Å². The first-order valence-corrected chi connectivity index (χ1v) is 7.01. The molecular weight excluding hydrogens is 208 g/mol. The predicted molar refractivity (Wildman–Crippen MR) is 71.7 cm³/mol. The van der Waals surface area contributed by atoms with E-state index in [0.717, 1.165) is 12.3 Å². The molecule has 1 aromatic heterocycles. The van der Waals surface area contributed by atoms with Crippen LogP contribution in [0.2, 0.25) is 0 Å². The van der Waals surface area contributed by atoms with Gasteiger partial charge in [0.25, 0.3) is 0 Å². The first-order chi connectivity index (χ1) is 8.36. The van der Waals surface area contributed by atoms with Crippen molar-refractivity contribution in [1.82, 2.24) is 4.98 Å². The monoisotopic (exact) mass is 232 g/mol. The van der Waals surface area contributed by atoms with Gasteiger partial charge in [0.2, 0.25) is 0 Å². The van der Waals surface area contributed by atoms with Crippen molar-refractivity contribution in [2.45, 2.75) is 57.4 Å². The summed E-state index contributed by atoms with van der Waals surface area (Å²) in [6.45, 7) is 0. The minimum absolute atomic E-state index is 0.329. The minimum Gasteiger partial charge on any atom is -0.327 e. The Morgan fingerprint density at radius 2 is 1.65 bits per heavy atom. The van der Waals surface area contributed by atoms with Crippen LogP contribution in [0.15, 0.2) is 24.5 Å². The third-order valence-electron chi connectivity index (χ3n) is 3.98. The minimum atomic E-state index is 0.329. The first kappa shape index (κ1) is 12.6. The lowest BCUT2D eigenvalue weighted by Gasteiger charge is -2.25. The number of rotatable bonds is 3. The second-order valence-electron chi connectivity index (χ2n) is 5.33. The van der Waals surface area contributed by atoms with E-state index in [2.05, 4.69) is 17.1 Å². The van der Waals surface area contributed by atoms with E-state index in [-0.39, 0.29) is 0 Å². The summed E-state index contributed by atoms with van der Waals surface area (Å²) >= 11 is 0. The van der Waals surface area contributed by atoms with Gasteiger partial charge in [-0.3, -0.25) is 4.98 Å². The molecule has 0 aliphatic heterocycles. The smallest absolute Gasteiger partial charge is 0.0270 e. The molecule has 1 unspecified atom stereocenters. The van der Waals surface area contributed by atoms with Gasteiger partial charge < -0.3 is 5.73 Å². The van der Waals surface area contributed by atoms with Crippen LogP contribution in [0.3, 0.4) is 0 Å². The molecule has 0 amide bonds. The van der Waals surface area contributed by atoms with Gasteiger partial charge >= 0.3 is 0 Å². The normalized spacial score (nSPS) is 20.5. The lowest BCUT2D eigenvalue weighted by atomic mass is 9.84. The summed E-state index contributed by atoms with van der Waals surface area (Å²) in [5.74, 6) is 0.725. The van der Waals surface area contributed by atoms with E-state index in [1.165, 1.54) is 50.5 Å². The molecule has 1 fully saturated rings.